The third-order valence-corrected chi connectivity index (χ3v) is 2.75. The van der Waals surface area contributed by atoms with Crippen LogP contribution in [-0.2, 0) is 0 Å². The molecule has 1 fully saturated rings. The van der Waals surface area contributed by atoms with Gasteiger partial charge in [0.25, 0.3) is 0 Å². The first-order chi connectivity index (χ1) is 6.86. The molecule has 1 aliphatic heterocycles. The van der Waals surface area contributed by atoms with E-state index in [9.17, 15) is 0 Å². The lowest BCUT2D eigenvalue weighted by atomic mass is 10.1. The number of anilines is 1. The Morgan fingerprint density at radius 1 is 1.29 bits per heavy atom. The predicted octanol–water partition coefficient (Wildman–Crippen LogP) is 1.40. The number of nitrogens with two attached hydrogens (primary N) is 1. The number of nitrogens with zero attached hydrogens (tertiary/aromatic N) is 2. The van der Waals surface area contributed by atoms with Crippen LogP contribution in [-0.4, -0.2) is 24.1 Å². The van der Waals surface area contributed by atoms with Crippen molar-refractivity contribution >= 4 is 5.82 Å². The lowest BCUT2D eigenvalue weighted by molar-refractivity contribution is 0.601. The molecule has 2 N–H and O–H groups in total. The van der Waals surface area contributed by atoms with Gasteiger partial charge in [0, 0.05) is 25.3 Å². The van der Waals surface area contributed by atoms with Crippen LogP contribution in [0.4, 0.5) is 5.82 Å². The molecule has 76 valence electrons. The van der Waals surface area contributed by atoms with Crippen LogP contribution < -0.4 is 10.6 Å². The highest BCUT2D eigenvalue weighted by molar-refractivity contribution is 5.37. The SMILES string of the molecule is NC1CCCN(c2ccccn2)CC1. The zero-order valence-corrected chi connectivity index (χ0v) is 8.39. The first kappa shape index (κ1) is 9.46. The van der Waals surface area contributed by atoms with Gasteiger partial charge in [-0.1, -0.05) is 6.07 Å². The van der Waals surface area contributed by atoms with Crippen molar-refractivity contribution < 1.29 is 0 Å². The van der Waals surface area contributed by atoms with E-state index >= 15 is 0 Å². The summed E-state index contributed by atoms with van der Waals surface area (Å²) in [6.07, 6.45) is 5.25. The Hall–Kier alpha value is -1.09. The normalized spacial score (nSPS) is 23.2. The molecule has 14 heavy (non-hydrogen) atoms. The summed E-state index contributed by atoms with van der Waals surface area (Å²) in [4.78, 5) is 6.68. The van der Waals surface area contributed by atoms with Crippen molar-refractivity contribution in [1.82, 2.24) is 4.98 Å². The number of rotatable bonds is 1. The predicted molar refractivity (Wildman–Crippen MR) is 58.3 cm³/mol. The van der Waals surface area contributed by atoms with Crippen LogP contribution in [0.2, 0.25) is 0 Å². The zero-order valence-electron chi connectivity index (χ0n) is 8.39. The van der Waals surface area contributed by atoms with E-state index < -0.39 is 0 Å². The fraction of sp³-hybridized carbons (Fsp3) is 0.545. The smallest absolute Gasteiger partial charge is 0.128 e. The first-order valence-electron chi connectivity index (χ1n) is 5.28. The number of hydrogen-bond donors (Lipinski definition) is 1. The quantitative estimate of drug-likeness (QED) is 0.729. The van der Waals surface area contributed by atoms with Crippen LogP contribution in [0.3, 0.4) is 0 Å². The van der Waals surface area contributed by atoms with Crippen molar-refractivity contribution in [3.05, 3.63) is 24.4 Å². The summed E-state index contributed by atoms with van der Waals surface area (Å²) in [5, 5.41) is 0. The van der Waals surface area contributed by atoms with Crippen molar-refractivity contribution in [2.75, 3.05) is 18.0 Å². The fourth-order valence-electron chi connectivity index (χ4n) is 1.89. The van der Waals surface area contributed by atoms with Gasteiger partial charge in [0.2, 0.25) is 0 Å². The maximum absolute atomic E-state index is 5.93. The average Bonchev–Trinajstić information content (AvgIpc) is 2.44. The van der Waals surface area contributed by atoms with Gasteiger partial charge in [-0.05, 0) is 31.4 Å². The summed E-state index contributed by atoms with van der Waals surface area (Å²) in [5.74, 6) is 1.08. The molecule has 0 saturated carbocycles. The van der Waals surface area contributed by atoms with Crippen LogP contribution >= 0.6 is 0 Å². The van der Waals surface area contributed by atoms with E-state index in [-0.39, 0.29) is 0 Å². The molecule has 2 rings (SSSR count). The molecular weight excluding hydrogens is 174 g/mol. The molecule has 1 aliphatic rings. The monoisotopic (exact) mass is 191 g/mol. The lowest BCUT2D eigenvalue weighted by Gasteiger charge is -2.20. The average molecular weight is 191 g/mol. The van der Waals surface area contributed by atoms with Gasteiger partial charge < -0.3 is 10.6 Å². The summed E-state index contributed by atoms with van der Waals surface area (Å²) in [6.45, 7) is 2.13. The van der Waals surface area contributed by atoms with E-state index in [1.54, 1.807) is 0 Å². The van der Waals surface area contributed by atoms with Crippen LogP contribution in [0.15, 0.2) is 24.4 Å². The standard InChI is InChI=1S/C11H17N3/c12-10-4-3-8-14(9-6-10)11-5-1-2-7-13-11/h1-2,5,7,10H,3-4,6,8-9,12H2. The maximum Gasteiger partial charge on any atom is 0.128 e. The Bertz CT molecular complexity index is 273. The fourth-order valence-corrected chi connectivity index (χ4v) is 1.89. The van der Waals surface area contributed by atoms with Crippen LogP contribution in [0.5, 0.6) is 0 Å². The van der Waals surface area contributed by atoms with Crippen LogP contribution in [0.25, 0.3) is 0 Å². The van der Waals surface area contributed by atoms with Crippen LogP contribution in [0.1, 0.15) is 19.3 Å². The van der Waals surface area contributed by atoms with E-state index in [4.69, 9.17) is 5.73 Å². The Labute approximate surface area is 84.9 Å². The van der Waals surface area contributed by atoms with Gasteiger partial charge in [0.15, 0.2) is 0 Å². The van der Waals surface area contributed by atoms with Crippen molar-refractivity contribution in [1.29, 1.82) is 0 Å². The minimum absolute atomic E-state index is 0.378. The van der Waals surface area contributed by atoms with Crippen molar-refractivity contribution in [2.24, 2.45) is 5.73 Å². The van der Waals surface area contributed by atoms with E-state index in [2.05, 4.69) is 16.0 Å². The highest BCUT2D eigenvalue weighted by Gasteiger charge is 2.14. The van der Waals surface area contributed by atoms with Gasteiger partial charge in [-0.25, -0.2) is 4.98 Å². The Balaban J connectivity index is 2.04. The van der Waals surface area contributed by atoms with Gasteiger partial charge in [0.05, 0.1) is 0 Å². The topological polar surface area (TPSA) is 42.1 Å². The summed E-state index contributed by atoms with van der Waals surface area (Å²) in [6, 6.07) is 6.43. The minimum Gasteiger partial charge on any atom is -0.357 e. The summed E-state index contributed by atoms with van der Waals surface area (Å²) < 4.78 is 0. The third kappa shape index (κ3) is 2.23. The highest BCUT2D eigenvalue weighted by Crippen LogP contribution is 2.15. The van der Waals surface area contributed by atoms with Crippen LogP contribution in [0, 0.1) is 0 Å². The molecule has 1 aromatic rings. The molecule has 0 spiro atoms. The van der Waals surface area contributed by atoms with Crippen molar-refractivity contribution in [2.45, 2.75) is 25.3 Å². The van der Waals surface area contributed by atoms with Gasteiger partial charge >= 0.3 is 0 Å². The number of pyridine rings is 1. The zero-order chi connectivity index (χ0) is 9.80. The largest absolute Gasteiger partial charge is 0.357 e. The number of aromatic nitrogens is 1. The van der Waals surface area contributed by atoms with E-state index in [1.165, 1.54) is 6.42 Å². The second-order valence-electron chi connectivity index (χ2n) is 3.87. The molecule has 0 aromatic carbocycles. The number of hydrogen-bond acceptors (Lipinski definition) is 3. The molecule has 0 amide bonds. The van der Waals surface area contributed by atoms with Gasteiger partial charge in [0.1, 0.15) is 5.82 Å². The molecule has 0 bridgehead atoms. The van der Waals surface area contributed by atoms with E-state index in [1.807, 2.05) is 18.3 Å². The highest BCUT2D eigenvalue weighted by atomic mass is 15.2. The Morgan fingerprint density at radius 3 is 3.00 bits per heavy atom. The molecule has 1 aromatic heterocycles. The van der Waals surface area contributed by atoms with Gasteiger partial charge in [-0.2, -0.15) is 0 Å². The molecule has 1 atom stereocenters. The van der Waals surface area contributed by atoms with Crippen molar-refractivity contribution in [3.8, 4) is 0 Å². The second kappa shape index (κ2) is 4.42. The molecule has 2 heterocycles. The lowest BCUT2D eigenvalue weighted by Crippen LogP contribution is -2.26. The molecule has 3 nitrogen and oxygen atoms in total. The first-order valence-corrected chi connectivity index (χ1v) is 5.28. The Morgan fingerprint density at radius 2 is 2.21 bits per heavy atom. The van der Waals surface area contributed by atoms with Crippen molar-refractivity contribution in [3.63, 3.8) is 0 Å². The molecule has 1 unspecified atom stereocenters. The minimum atomic E-state index is 0.378. The molecule has 0 radical (unpaired) electrons. The molecule has 0 aliphatic carbocycles. The van der Waals surface area contributed by atoms with Gasteiger partial charge in [-0.3, -0.25) is 0 Å². The van der Waals surface area contributed by atoms with Gasteiger partial charge in [-0.15, -0.1) is 0 Å². The summed E-state index contributed by atoms with van der Waals surface area (Å²) in [7, 11) is 0. The molecular formula is C11H17N3. The van der Waals surface area contributed by atoms with E-state index in [0.717, 1.165) is 31.7 Å². The summed E-state index contributed by atoms with van der Waals surface area (Å²) >= 11 is 0. The van der Waals surface area contributed by atoms with E-state index in [0.29, 0.717) is 6.04 Å². The summed E-state index contributed by atoms with van der Waals surface area (Å²) in [5.41, 5.74) is 5.93. The Kier molecular flexibility index (Phi) is 2.99. The molecule has 1 saturated heterocycles. The second-order valence-corrected chi connectivity index (χ2v) is 3.87. The maximum atomic E-state index is 5.93. The molecule has 3 heteroatoms. The third-order valence-electron chi connectivity index (χ3n) is 2.75.